The summed E-state index contributed by atoms with van der Waals surface area (Å²) in [6, 6.07) is 5.95. The molecule has 26 heavy (non-hydrogen) atoms. The third-order valence-corrected chi connectivity index (χ3v) is 5.32. The molecule has 0 fully saturated rings. The van der Waals surface area contributed by atoms with Gasteiger partial charge in [0.1, 0.15) is 5.75 Å². The van der Waals surface area contributed by atoms with Gasteiger partial charge in [-0.15, -0.1) is 35.3 Å². The summed E-state index contributed by atoms with van der Waals surface area (Å²) in [6.07, 6.45) is 0.893. The first-order valence-electron chi connectivity index (χ1n) is 8.31. The van der Waals surface area contributed by atoms with Crippen LogP contribution < -0.4 is 15.4 Å². The van der Waals surface area contributed by atoms with Gasteiger partial charge in [-0.3, -0.25) is 0 Å². The van der Waals surface area contributed by atoms with Crippen LogP contribution in [0.25, 0.3) is 0 Å². The molecule has 0 saturated carbocycles. The van der Waals surface area contributed by atoms with Gasteiger partial charge in [-0.2, -0.15) is 0 Å². The number of halogens is 2. The monoisotopic (exact) mass is 552 g/mol. The molecule has 0 aliphatic carbocycles. The van der Waals surface area contributed by atoms with Crippen molar-refractivity contribution in [2.45, 2.75) is 33.7 Å². The first kappa shape index (κ1) is 23.2. The van der Waals surface area contributed by atoms with Crippen molar-refractivity contribution in [2.24, 2.45) is 4.99 Å². The summed E-state index contributed by atoms with van der Waals surface area (Å²) in [5.74, 6) is 1.64. The van der Waals surface area contributed by atoms with Gasteiger partial charge >= 0.3 is 0 Å². The van der Waals surface area contributed by atoms with Gasteiger partial charge in [-0.25, -0.2) is 9.98 Å². The van der Waals surface area contributed by atoms with Gasteiger partial charge in [-0.05, 0) is 39.0 Å². The zero-order valence-electron chi connectivity index (χ0n) is 15.6. The quantitative estimate of drug-likeness (QED) is 0.303. The van der Waals surface area contributed by atoms with Gasteiger partial charge in [-0.1, -0.05) is 15.9 Å². The molecule has 5 nitrogen and oxygen atoms in total. The number of benzene rings is 1. The molecule has 0 spiro atoms. The number of ether oxygens (including phenoxy) is 1. The van der Waals surface area contributed by atoms with Gasteiger partial charge in [0.15, 0.2) is 5.96 Å². The molecule has 2 N–H and O–H groups in total. The van der Waals surface area contributed by atoms with Gasteiger partial charge in [0.2, 0.25) is 0 Å². The van der Waals surface area contributed by atoms with E-state index in [1.807, 2.05) is 18.2 Å². The number of guanidine groups is 1. The zero-order chi connectivity index (χ0) is 18.2. The van der Waals surface area contributed by atoms with Gasteiger partial charge in [0, 0.05) is 34.4 Å². The van der Waals surface area contributed by atoms with Crippen LogP contribution in [0.3, 0.4) is 0 Å². The Kier molecular flexibility index (Phi) is 10.5. The average Bonchev–Trinajstić information content (AvgIpc) is 2.90. The Morgan fingerprint density at radius 1 is 1.31 bits per heavy atom. The van der Waals surface area contributed by atoms with Crippen molar-refractivity contribution < 1.29 is 4.74 Å². The summed E-state index contributed by atoms with van der Waals surface area (Å²) in [5.41, 5.74) is 2.17. The molecule has 144 valence electrons. The van der Waals surface area contributed by atoms with Crippen molar-refractivity contribution in [3.8, 4) is 5.75 Å². The van der Waals surface area contributed by atoms with Crippen molar-refractivity contribution in [1.29, 1.82) is 0 Å². The summed E-state index contributed by atoms with van der Waals surface area (Å²) >= 11 is 5.26. The van der Waals surface area contributed by atoms with Crippen molar-refractivity contribution >= 4 is 57.2 Å². The summed E-state index contributed by atoms with van der Waals surface area (Å²) in [7, 11) is 1.68. The molecule has 0 unspecified atom stereocenters. The number of rotatable bonds is 7. The van der Waals surface area contributed by atoms with Crippen LogP contribution in [0.5, 0.6) is 5.75 Å². The summed E-state index contributed by atoms with van der Waals surface area (Å²) < 4.78 is 6.43. The lowest BCUT2D eigenvalue weighted by atomic mass is 10.2. The van der Waals surface area contributed by atoms with Gasteiger partial charge < -0.3 is 15.4 Å². The van der Waals surface area contributed by atoms with E-state index in [1.54, 1.807) is 18.4 Å². The lowest BCUT2D eigenvalue weighted by Gasteiger charge is -2.12. The molecular formula is C18H26BrIN4OS. The number of aliphatic imine (C=N–C) groups is 1. The van der Waals surface area contributed by atoms with Crippen LogP contribution in [-0.4, -0.2) is 31.1 Å². The highest BCUT2D eigenvalue weighted by atomic mass is 127. The Labute approximate surface area is 185 Å². The lowest BCUT2D eigenvalue weighted by molar-refractivity contribution is 0.409. The fourth-order valence-electron chi connectivity index (χ4n) is 2.31. The Bertz CT molecular complexity index is 716. The van der Waals surface area contributed by atoms with E-state index in [-0.39, 0.29) is 24.0 Å². The third kappa shape index (κ3) is 7.03. The number of hydrogen-bond donors (Lipinski definition) is 2. The maximum Gasteiger partial charge on any atom is 0.191 e. The highest BCUT2D eigenvalue weighted by molar-refractivity contribution is 14.0. The van der Waals surface area contributed by atoms with Crippen LogP contribution in [0.15, 0.2) is 27.7 Å². The number of nitrogens with one attached hydrogen (secondary N) is 2. The van der Waals surface area contributed by atoms with Crippen LogP contribution >= 0.6 is 51.2 Å². The summed E-state index contributed by atoms with van der Waals surface area (Å²) in [6.45, 7) is 8.39. The van der Waals surface area contributed by atoms with E-state index >= 15 is 0 Å². The average molecular weight is 553 g/mol. The van der Waals surface area contributed by atoms with E-state index in [1.165, 1.54) is 4.88 Å². The van der Waals surface area contributed by atoms with Gasteiger partial charge in [0.05, 0.1) is 24.4 Å². The predicted molar refractivity (Wildman–Crippen MR) is 124 cm³/mol. The number of hydrogen-bond acceptors (Lipinski definition) is 4. The molecule has 0 aliphatic rings. The van der Waals surface area contributed by atoms with Crippen molar-refractivity contribution in [2.75, 3.05) is 20.2 Å². The molecule has 1 heterocycles. The standard InChI is InChI=1S/C18H25BrN4OS.HI/c1-5-20-18(21-9-8-17-23-12(2)13(3)25-17)22-11-14-10-15(19)6-7-16(14)24-4;/h6-7,10H,5,8-9,11H2,1-4H3,(H2,20,21,22);1H. The second kappa shape index (κ2) is 11.8. The molecule has 0 aliphatic heterocycles. The number of methoxy groups -OCH3 is 1. The van der Waals surface area contributed by atoms with Crippen LogP contribution in [0.2, 0.25) is 0 Å². The third-order valence-electron chi connectivity index (χ3n) is 3.70. The number of aromatic nitrogens is 1. The summed E-state index contributed by atoms with van der Waals surface area (Å²) in [4.78, 5) is 10.5. The van der Waals surface area contributed by atoms with Crippen LogP contribution in [-0.2, 0) is 13.0 Å². The van der Waals surface area contributed by atoms with E-state index in [0.717, 1.165) is 52.0 Å². The minimum atomic E-state index is 0. The minimum absolute atomic E-state index is 0. The van der Waals surface area contributed by atoms with Crippen LogP contribution in [0.1, 0.15) is 28.1 Å². The minimum Gasteiger partial charge on any atom is -0.496 e. The fraction of sp³-hybridized carbons (Fsp3) is 0.444. The Morgan fingerprint density at radius 2 is 2.08 bits per heavy atom. The van der Waals surface area contributed by atoms with E-state index < -0.39 is 0 Å². The largest absolute Gasteiger partial charge is 0.496 e. The molecule has 1 aromatic carbocycles. The molecule has 2 rings (SSSR count). The molecule has 1 aromatic heterocycles. The highest BCUT2D eigenvalue weighted by Gasteiger charge is 2.06. The highest BCUT2D eigenvalue weighted by Crippen LogP contribution is 2.23. The molecule has 8 heteroatoms. The maximum absolute atomic E-state index is 5.41. The first-order chi connectivity index (χ1) is 12.0. The topological polar surface area (TPSA) is 58.5 Å². The normalized spacial score (nSPS) is 11.0. The van der Waals surface area contributed by atoms with E-state index in [2.05, 4.69) is 57.3 Å². The summed E-state index contributed by atoms with van der Waals surface area (Å²) in [5, 5.41) is 7.81. The number of aryl methyl sites for hydroxylation is 2. The van der Waals surface area contributed by atoms with Crippen molar-refractivity contribution in [3.05, 3.63) is 43.8 Å². The molecular weight excluding hydrogens is 527 g/mol. The van der Waals surface area contributed by atoms with Crippen molar-refractivity contribution in [3.63, 3.8) is 0 Å². The SMILES string of the molecule is CCNC(=NCc1cc(Br)ccc1OC)NCCc1nc(C)c(C)s1.I. The lowest BCUT2D eigenvalue weighted by Crippen LogP contribution is -2.38. The van der Waals surface area contributed by atoms with Crippen molar-refractivity contribution in [1.82, 2.24) is 15.6 Å². The Hall–Kier alpha value is -0.870. The zero-order valence-corrected chi connectivity index (χ0v) is 20.3. The maximum atomic E-state index is 5.41. The first-order valence-corrected chi connectivity index (χ1v) is 9.92. The second-order valence-electron chi connectivity index (χ2n) is 5.58. The van der Waals surface area contributed by atoms with Crippen LogP contribution in [0, 0.1) is 13.8 Å². The second-order valence-corrected chi connectivity index (χ2v) is 7.78. The van der Waals surface area contributed by atoms with E-state index in [9.17, 15) is 0 Å². The molecule has 2 aromatic rings. The number of thiazole rings is 1. The number of nitrogens with zero attached hydrogens (tertiary/aromatic N) is 2. The Balaban J connectivity index is 0.00000338. The van der Waals surface area contributed by atoms with E-state index in [4.69, 9.17) is 4.74 Å². The molecule has 0 bridgehead atoms. The molecule has 0 atom stereocenters. The molecule has 0 saturated heterocycles. The predicted octanol–water partition coefficient (Wildman–Crippen LogP) is 4.45. The van der Waals surface area contributed by atoms with Crippen LogP contribution in [0.4, 0.5) is 0 Å². The van der Waals surface area contributed by atoms with Gasteiger partial charge in [0.25, 0.3) is 0 Å². The molecule has 0 radical (unpaired) electrons. The fourth-order valence-corrected chi connectivity index (χ4v) is 3.65. The van der Waals surface area contributed by atoms with E-state index in [0.29, 0.717) is 6.54 Å². The molecule has 0 amide bonds. The Morgan fingerprint density at radius 3 is 2.69 bits per heavy atom. The smallest absolute Gasteiger partial charge is 0.191 e.